The van der Waals surface area contributed by atoms with Crippen LogP contribution in [-0.2, 0) is 10.0 Å². The molecule has 0 aliphatic carbocycles. The van der Waals surface area contributed by atoms with Crippen molar-refractivity contribution >= 4 is 27.7 Å². The Balaban J connectivity index is 1.35. The molecule has 2 aliphatic rings. The van der Waals surface area contributed by atoms with Crippen molar-refractivity contribution in [3.63, 3.8) is 0 Å². The van der Waals surface area contributed by atoms with Crippen molar-refractivity contribution in [1.82, 2.24) is 14.2 Å². The van der Waals surface area contributed by atoms with Gasteiger partial charge in [-0.3, -0.25) is 4.79 Å². The summed E-state index contributed by atoms with van der Waals surface area (Å²) in [5.74, 6) is 2.30. The van der Waals surface area contributed by atoms with Gasteiger partial charge in [0, 0.05) is 56.7 Å². The van der Waals surface area contributed by atoms with Crippen LogP contribution in [0.1, 0.15) is 34.5 Å². The summed E-state index contributed by atoms with van der Waals surface area (Å²) in [5.41, 5.74) is 2.75. The molecule has 0 bridgehead atoms. The fourth-order valence-corrected chi connectivity index (χ4v) is 6.48. The molecule has 2 aliphatic heterocycles. The van der Waals surface area contributed by atoms with E-state index in [1.165, 1.54) is 27.7 Å². The Kier molecular flexibility index (Phi) is 6.64. The van der Waals surface area contributed by atoms with Gasteiger partial charge in [-0.05, 0) is 43.2 Å². The number of hydrogen-bond donors (Lipinski definition) is 1. The number of aryl methyl sites for hydroxylation is 2. The highest BCUT2D eigenvalue weighted by molar-refractivity contribution is 7.99. The average molecular weight is 464 g/mol. The van der Waals surface area contributed by atoms with E-state index in [2.05, 4.69) is 31.0 Å². The molecule has 2 saturated heterocycles. The molecule has 0 radical (unpaired) electrons. The summed E-state index contributed by atoms with van der Waals surface area (Å²) >= 11 is 1.76. The number of nitrogens with one attached hydrogen (secondary N) is 1. The summed E-state index contributed by atoms with van der Waals surface area (Å²) in [6.45, 7) is 6.33. The number of sulfonamides is 1. The lowest BCUT2D eigenvalue weighted by atomic mass is 10.1. The number of H-pyrrole nitrogens is 1. The van der Waals surface area contributed by atoms with Crippen LogP contribution in [0.5, 0.6) is 5.75 Å². The van der Waals surface area contributed by atoms with Gasteiger partial charge in [-0.2, -0.15) is 16.1 Å². The van der Waals surface area contributed by atoms with Gasteiger partial charge in [0.15, 0.2) is 0 Å². The van der Waals surface area contributed by atoms with Crippen LogP contribution in [0.2, 0.25) is 0 Å². The van der Waals surface area contributed by atoms with Crippen LogP contribution in [0, 0.1) is 13.8 Å². The van der Waals surface area contributed by atoms with Crippen molar-refractivity contribution in [2.75, 3.05) is 37.7 Å². The predicted octanol–water partition coefficient (Wildman–Crippen LogP) is 3.05. The van der Waals surface area contributed by atoms with Crippen molar-refractivity contribution < 1.29 is 17.9 Å². The van der Waals surface area contributed by atoms with E-state index in [0.717, 1.165) is 30.1 Å². The number of likely N-dealkylation sites (tertiary alicyclic amines) is 1. The lowest BCUT2D eigenvalue weighted by molar-refractivity contribution is 0.0590. The predicted molar refractivity (Wildman–Crippen MR) is 122 cm³/mol. The maximum atomic E-state index is 12.9. The zero-order valence-corrected chi connectivity index (χ0v) is 19.6. The van der Waals surface area contributed by atoms with Crippen LogP contribution < -0.4 is 4.74 Å². The van der Waals surface area contributed by atoms with Crippen molar-refractivity contribution in [1.29, 1.82) is 0 Å². The number of carbonyl (C=O) groups is 1. The Morgan fingerprint density at radius 1 is 1.06 bits per heavy atom. The Morgan fingerprint density at radius 3 is 2.45 bits per heavy atom. The number of thioether (sulfide) groups is 1. The third-order valence-corrected chi connectivity index (χ3v) is 8.82. The topological polar surface area (TPSA) is 82.7 Å². The van der Waals surface area contributed by atoms with E-state index in [0.29, 0.717) is 31.9 Å². The molecule has 1 aromatic carbocycles. The first-order chi connectivity index (χ1) is 14.8. The highest BCUT2D eigenvalue weighted by atomic mass is 32.2. The van der Waals surface area contributed by atoms with Crippen LogP contribution in [0.15, 0.2) is 35.4 Å². The van der Waals surface area contributed by atoms with E-state index in [1.54, 1.807) is 16.7 Å². The number of aromatic amines is 1. The van der Waals surface area contributed by atoms with Crippen LogP contribution in [0.25, 0.3) is 0 Å². The number of ether oxygens (including phenoxy) is 1. The molecular formula is C22H29N3O4S2. The number of amides is 1. The second-order valence-corrected chi connectivity index (χ2v) is 11.3. The summed E-state index contributed by atoms with van der Waals surface area (Å²) in [5, 5.41) is 0. The number of hydrogen-bond acceptors (Lipinski definition) is 5. The average Bonchev–Trinajstić information content (AvgIpc) is 3.28. The number of benzene rings is 1. The summed E-state index contributed by atoms with van der Waals surface area (Å²) in [6.07, 6.45) is 2.99. The minimum Gasteiger partial charge on any atom is -0.490 e. The van der Waals surface area contributed by atoms with Gasteiger partial charge in [0.05, 0.1) is 0 Å². The van der Waals surface area contributed by atoms with Gasteiger partial charge in [-0.15, -0.1) is 0 Å². The van der Waals surface area contributed by atoms with Gasteiger partial charge in [-0.25, -0.2) is 8.42 Å². The van der Waals surface area contributed by atoms with Crippen LogP contribution in [0.4, 0.5) is 0 Å². The molecule has 168 valence electrons. The first-order valence-electron chi connectivity index (χ1n) is 10.6. The van der Waals surface area contributed by atoms with Crippen molar-refractivity contribution in [3.8, 4) is 5.75 Å². The van der Waals surface area contributed by atoms with Crippen molar-refractivity contribution in [2.24, 2.45) is 0 Å². The van der Waals surface area contributed by atoms with Crippen LogP contribution >= 0.6 is 11.8 Å². The van der Waals surface area contributed by atoms with E-state index in [-0.39, 0.29) is 16.9 Å². The quantitative estimate of drug-likeness (QED) is 0.737. The summed E-state index contributed by atoms with van der Waals surface area (Å²) < 4.78 is 33.2. The minimum absolute atomic E-state index is 0.0720. The van der Waals surface area contributed by atoms with Crippen LogP contribution in [0.3, 0.4) is 0 Å². The first kappa shape index (κ1) is 22.2. The van der Waals surface area contributed by atoms with E-state index in [4.69, 9.17) is 4.74 Å². The zero-order chi connectivity index (χ0) is 22.0. The molecular weight excluding hydrogens is 434 g/mol. The highest BCUT2D eigenvalue weighted by Gasteiger charge is 2.30. The number of aromatic nitrogens is 1. The molecule has 0 saturated carbocycles. The summed E-state index contributed by atoms with van der Waals surface area (Å²) in [7, 11) is -3.56. The van der Waals surface area contributed by atoms with Gasteiger partial charge in [0.25, 0.3) is 5.91 Å². The van der Waals surface area contributed by atoms with Crippen molar-refractivity contribution in [2.45, 2.75) is 37.7 Å². The minimum atomic E-state index is -3.56. The molecule has 0 spiro atoms. The molecule has 1 aromatic heterocycles. The molecule has 2 fully saturated rings. The normalized spacial score (nSPS) is 18.8. The highest BCUT2D eigenvalue weighted by Crippen LogP contribution is 2.24. The third-order valence-electron chi connectivity index (χ3n) is 6.01. The lowest BCUT2D eigenvalue weighted by Gasteiger charge is -2.32. The second-order valence-electron chi connectivity index (χ2n) is 8.12. The lowest BCUT2D eigenvalue weighted by Crippen LogP contribution is -2.42. The van der Waals surface area contributed by atoms with E-state index in [9.17, 15) is 13.2 Å². The maximum absolute atomic E-state index is 12.9. The van der Waals surface area contributed by atoms with Gasteiger partial charge < -0.3 is 14.6 Å². The molecule has 9 heteroatoms. The molecule has 4 rings (SSSR count). The van der Waals surface area contributed by atoms with Crippen molar-refractivity contribution in [3.05, 3.63) is 47.3 Å². The SMILES string of the molecule is Cc1ccc(OC2CCN(C(=O)c3cc(S(=O)(=O)N4CCSCC4)c[nH]3)CC2)cc1C. The molecule has 31 heavy (non-hydrogen) atoms. The van der Waals surface area contributed by atoms with E-state index >= 15 is 0 Å². The maximum Gasteiger partial charge on any atom is 0.270 e. The van der Waals surface area contributed by atoms with Gasteiger partial charge in [0.2, 0.25) is 10.0 Å². The Hall–Kier alpha value is -1.97. The van der Waals surface area contributed by atoms with E-state index < -0.39 is 10.0 Å². The Morgan fingerprint density at radius 2 is 1.77 bits per heavy atom. The number of piperidine rings is 1. The van der Waals surface area contributed by atoms with E-state index in [1.807, 2.05) is 6.07 Å². The van der Waals surface area contributed by atoms with Gasteiger partial charge in [-0.1, -0.05) is 6.07 Å². The third kappa shape index (κ3) is 4.94. The van der Waals surface area contributed by atoms with Gasteiger partial charge >= 0.3 is 0 Å². The molecule has 3 heterocycles. The number of nitrogens with zero attached hydrogens (tertiary/aromatic N) is 2. The fraction of sp³-hybridized carbons (Fsp3) is 0.500. The number of carbonyl (C=O) groups excluding carboxylic acids is 1. The summed E-state index contributed by atoms with van der Waals surface area (Å²) in [6, 6.07) is 7.57. The molecule has 7 nitrogen and oxygen atoms in total. The molecule has 2 aromatic rings. The molecule has 1 N–H and O–H groups in total. The Labute approximate surface area is 188 Å². The summed E-state index contributed by atoms with van der Waals surface area (Å²) in [4.78, 5) is 17.7. The second kappa shape index (κ2) is 9.26. The molecule has 1 amide bonds. The first-order valence-corrected chi connectivity index (χ1v) is 13.2. The molecule has 0 unspecified atom stereocenters. The van der Waals surface area contributed by atoms with Gasteiger partial charge in [0.1, 0.15) is 22.4 Å². The monoisotopic (exact) mass is 463 g/mol. The van der Waals surface area contributed by atoms with Crippen LogP contribution in [-0.4, -0.2) is 72.3 Å². The Bertz CT molecular complexity index is 1040. The smallest absolute Gasteiger partial charge is 0.270 e. The zero-order valence-electron chi connectivity index (χ0n) is 18.0. The standard InChI is InChI=1S/C22H29N3O4S2/c1-16-3-4-19(13-17(16)2)29-18-5-7-24(8-6-18)22(26)21-14-20(15-23-21)31(27,28)25-9-11-30-12-10-25/h3-4,13-15,18,23H,5-12H2,1-2H3. The largest absolute Gasteiger partial charge is 0.490 e. The molecule has 0 atom stereocenters. The fourth-order valence-electron chi connectivity index (χ4n) is 3.91. The number of rotatable bonds is 5.